The highest BCUT2D eigenvalue weighted by Crippen LogP contribution is 2.01. The van der Waals surface area contributed by atoms with Crippen molar-refractivity contribution in [2.45, 2.75) is 13.3 Å². The van der Waals surface area contributed by atoms with E-state index in [0.717, 1.165) is 5.75 Å². The summed E-state index contributed by atoms with van der Waals surface area (Å²) in [6.07, 6.45) is 0.248. The molecule has 16 heavy (non-hydrogen) atoms. The molecule has 0 aliphatic rings. The molecule has 0 aliphatic heterocycles. The predicted octanol–water partition coefficient (Wildman–Crippen LogP) is 0.0899. The lowest BCUT2D eigenvalue weighted by atomic mass is 10.4. The Kier molecular flexibility index (Phi) is 9.03. The summed E-state index contributed by atoms with van der Waals surface area (Å²) in [7, 11) is 1.69. The van der Waals surface area contributed by atoms with Gasteiger partial charge in [0.25, 0.3) is 0 Å². The number of hydrogen-bond donors (Lipinski definition) is 1. The average Bonchev–Trinajstić information content (AvgIpc) is 2.26. The van der Waals surface area contributed by atoms with Gasteiger partial charge in [-0.1, -0.05) is 0 Å². The molecule has 0 bridgehead atoms. The van der Waals surface area contributed by atoms with Gasteiger partial charge in [-0.25, -0.2) is 0 Å². The molecule has 0 unspecified atom stereocenters. The molecule has 0 spiro atoms. The minimum atomic E-state index is -0.267. The maximum Gasteiger partial charge on any atom is 0.307 e. The summed E-state index contributed by atoms with van der Waals surface area (Å²) in [5.41, 5.74) is 5.32. The molecule has 0 aromatic carbocycles. The van der Waals surface area contributed by atoms with Crippen LogP contribution in [0.15, 0.2) is 0 Å². The third-order valence-electron chi connectivity index (χ3n) is 1.87. The topological polar surface area (TPSA) is 72.6 Å². The number of esters is 1. The van der Waals surface area contributed by atoms with Crippen LogP contribution in [0.5, 0.6) is 0 Å². The maximum atomic E-state index is 11.5. The van der Waals surface area contributed by atoms with Crippen molar-refractivity contribution in [2.75, 3.05) is 38.2 Å². The summed E-state index contributed by atoms with van der Waals surface area (Å²) in [6, 6.07) is 0. The van der Waals surface area contributed by atoms with Gasteiger partial charge in [0.15, 0.2) is 0 Å². The fourth-order valence-electron chi connectivity index (χ4n) is 0.970. The number of ether oxygens (including phenoxy) is 1. The number of nitrogens with zero attached hydrogens (tertiary/aromatic N) is 1. The summed E-state index contributed by atoms with van der Waals surface area (Å²) in [5, 5.41) is 0. The second-order valence-corrected chi connectivity index (χ2v) is 4.32. The van der Waals surface area contributed by atoms with Crippen LogP contribution in [0, 0.1) is 0 Å². The molecule has 1 amide bonds. The summed E-state index contributed by atoms with van der Waals surface area (Å²) in [4.78, 5) is 24.1. The average molecular weight is 248 g/mol. The Morgan fingerprint density at radius 3 is 2.69 bits per heavy atom. The third kappa shape index (κ3) is 7.53. The van der Waals surface area contributed by atoms with Crippen LogP contribution in [-0.4, -0.2) is 55.0 Å². The van der Waals surface area contributed by atoms with Gasteiger partial charge in [0, 0.05) is 25.9 Å². The van der Waals surface area contributed by atoms with E-state index in [0.29, 0.717) is 25.4 Å². The van der Waals surface area contributed by atoms with Crippen LogP contribution in [0.4, 0.5) is 0 Å². The van der Waals surface area contributed by atoms with Gasteiger partial charge < -0.3 is 15.4 Å². The van der Waals surface area contributed by atoms with Gasteiger partial charge in [0.05, 0.1) is 18.8 Å². The van der Waals surface area contributed by atoms with Gasteiger partial charge in [-0.15, -0.1) is 0 Å². The summed E-state index contributed by atoms with van der Waals surface area (Å²) >= 11 is 1.50. The Balaban J connectivity index is 3.66. The molecule has 0 saturated carbocycles. The van der Waals surface area contributed by atoms with E-state index in [1.54, 1.807) is 18.9 Å². The standard InChI is InChI=1S/C10H20N2O3S/c1-3-15-10(14)4-6-12(2)9(13)8-16-7-5-11/h3-8,11H2,1-2H3. The van der Waals surface area contributed by atoms with Crippen LogP contribution >= 0.6 is 11.8 Å². The normalized spacial score (nSPS) is 9.94. The molecule has 0 saturated heterocycles. The molecule has 0 heterocycles. The van der Waals surface area contributed by atoms with Crippen LogP contribution < -0.4 is 5.73 Å². The van der Waals surface area contributed by atoms with Crippen LogP contribution in [0.3, 0.4) is 0 Å². The lowest BCUT2D eigenvalue weighted by molar-refractivity contribution is -0.143. The first-order valence-corrected chi connectivity index (χ1v) is 6.44. The second kappa shape index (κ2) is 9.47. The molecule has 6 heteroatoms. The fourth-order valence-corrected chi connectivity index (χ4v) is 1.68. The lowest BCUT2D eigenvalue weighted by Gasteiger charge is -2.16. The molecular weight excluding hydrogens is 228 g/mol. The van der Waals surface area contributed by atoms with Crippen molar-refractivity contribution in [3.05, 3.63) is 0 Å². The summed E-state index contributed by atoms with van der Waals surface area (Å²) < 4.78 is 4.77. The highest BCUT2D eigenvalue weighted by atomic mass is 32.2. The monoisotopic (exact) mass is 248 g/mol. The van der Waals surface area contributed by atoms with Gasteiger partial charge >= 0.3 is 5.97 Å². The van der Waals surface area contributed by atoms with E-state index < -0.39 is 0 Å². The van der Waals surface area contributed by atoms with Crippen LogP contribution in [0.1, 0.15) is 13.3 Å². The van der Waals surface area contributed by atoms with Gasteiger partial charge in [-0.3, -0.25) is 9.59 Å². The van der Waals surface area contributed by atoms with Crippen LogP contribution in [-0.2, 0) is 14.3 Å². The Morgan fingerprint density at radius 2 is 2.12 bits per heavy atom. The third-order valence-corrected chi connectivity index (χ3v) is 2.85. The first-order chi connectivity index (χ1) is 7.61. The zero-order chi connectivity index (χ0) is 12.4. The molecule has 94 valence electrons. The zero-order valence-corrected chi connectivity index (χ0v) is 10.7. The summed E-state index contributed by atoms with van der Waals surface area (Å²) in [5.74, 6) is 0.938. The van der Waals surface area contributed by atoms with Gasteiger partial charge in [0.2, 0.25) is 5.91 Å². The smallest absolute Gasteiger partial charge is 0.307 e. The quantitative estimate of drug-likeness (QED) is 0.487. The Hall–Kier alpha value is -0.750. The first-order valence-electron chi connectivity index (χ1n) is 5.29. The van der Waals surface area contributed by atoms with Crippen molar-refractivity contribution < 1.29 is 14.3 Å². The Labute approximate surface area is 101 Å². The number of carbonyl (C=O) groups is 2. The van der Waals surface area contributed by atoms with Crippen molar-refractivity contribution in [1.82, 2.24) is 4.90 Å². The van der Waals surface area contributed by atoms with Crippen molar-refractivity contribution in [1.29, 1.82) is 0 Å². The molecule has 0 rings (SSSR count). The first kappa shape index (κ1) is 15.2. The van der Waals surface area contributed by atoms with E-state index in [1.807, 2.05) is 0 Å². The summed E-state index contributed by atoms with van der Waals surface area (Å²) in [6.45, 7) is 3.12. The van der Waals surface area contributed by atoms with E-state index in [-0.39, 0.29) is 18.3 Å². The molecule has 0 fully saturated rings. The van der Waals surface area contributed by atoms with Crippen molar-refractivity contribution in [2.24, 2.45) is 5.73 Å². The molecule has 0 aromatic heterocycles. The lowest BCUT2D eigenvalue weighted by Crippen LogP contribution is -2.31. The fraction of sp³-hybridized carbons (Fsp3) is 0.800. The Bertz CT molecular complexity index is 224. The molecule has 0 aliphatic carbocycles. The molecular formula is C10H20N2O3S. The van der Waals surface area contributed by atoms with Crippen LogP contribution in [0.25, 0.3) is 0 Å². The number of amides is 1. The van der Waals surface area contributed by atoms with Crippen molar-refractivity contribution in [3.8, 4) is 0 Å². The number of thioether (sulfide) groups is 1. The largest absolute Gasteiger partial charge is 0.466 e. The Morgan fingerprint density at radius 1 is 1.44 bits per heavy atom. The number of hydrogen-bond acceptors (Lipinski definition) is 5. The van der Waals surface area contributed by atoms with Gasteiger partial charge in [-0.2, -0.15) is 11.8 Å². The van der Waals surface area contributed by atoms with E-state index in [1.165, 1.54) is 11.8 Å². The second-order valence-electron chi connectivity index (χ2n) is 3.21. The van der Waals surface area contributed by atoms with E-state index in [2.05, 4.69) is 0 Å². The van der Waals surface area contributed by atoms with E-state index >= 15 is 0 Å². The number of rotatable bonds is 8. The molecule has 5 nitrogen and oxygen atoms in total. The number of nitrogens with two attached hydrogens (primary N) is 1. The van der Waals surface area contributed by atoms with Gasteiger partial charge in [0.1, 0.15) is 0 Å². The molecule has 0 atom stereocenters. The van der Waals surface area contributed by atoms with E-state index in [9.17, 15) is 9.59 Å². The predicted molar refractivity (Wildman–Crippen MR) is 65.3 cm³/mol. The van der Waals surface area contributed by atoms with Crippen molar-refractivity contribution >= 4 is 23.6 Å². The van der Waals surface area contributed by atoms with Gasteiger partial charge in [-0.05, 0) is 6.92 Å². The zero-order valence-electron chi connectivity index (χ0n) is 9.90. The number of carbonyl (C=O) groups excluding carboxylic acids is 2. The molecule has 2 N–H and O–H groups in total. The minimum Gasteiger partial charge on any atom is -0.466 e. The SMILES string of the molecule is CCOC(=O)CCN(C)C(=O)CSCCN. The highest BCUT2D eigenvalue weighted by molar-refractivity contribution is 7.99. The van der Waals surface area contributed by atoms with Crippen molar-refractivity contribution in [3.63, 3.8) is 0 Å². The maximum absolute atomic E-state index is 11.5. The molecule has 0 aromatic rings. The highest BCUT2D eigenvalue weighted by Gasteiger charge is 2.10. The van der Waals surface area contributed by atoms with E-state index in [4.69, 9.17) is 10.5 Å². The minimum absolute atomic E-state index is 0.0164. The molecule has 0 radical (unpaired) electrons. The van der Waals surface area contributed by atoms with Crippen LogP contribution in [0.2, 0.25) is 0 Å².